The number of alkyl carbamates (subject to hydrolysis) is 1. The third kappa shape index (κ3) is 1.66. The van der Waals surface area contributed by atoms with Crippen molar-refractivity contribution in [1.29, 1.82) is 0 Å². The van der Waals surface area contributed by atoms with Crippen LogP contribution < -0.4 is 5.32 Å². The Morgan fingerprint density at radius 3 is 2.38 bits per heavy atom. The van der Waals surface area contributed by atoms with E-state index in [4.69, 9.17) is 0 Å². The largest absolute Gasteiger partial charge is 0.415 e. The lowest BCUT2D eigenvalue weighted by Gasteiger charge is -2.24. The lowest BCUT2D eigenvalue weighted by atomic mass is 9.84. The standard InChI is InChI=1S/C9H13NO3/c11-8-7(10-9(12)13-8)6-4-2-1-3-5-6/h6-7H,1-5H2,(H,10,12)/t7-/m0/s1. The molecule has 1 aliphatic carbocycles. The van der Waals surface area contributed by atoms with E-state index in [0.29, 0.717) is 5.92 Å². The van der Waals surface area contributed by atoms with E-state index in [2.05, 4.69) is 10.1 Å². The van der Waals surface area contributed by atoms with Gasteiger partial charge in [-0.3, -0.25) is 0 Å². The molecular formula is C9H13NO3. The molecular weight excluding hydrogens is 170 g/mol. The van der Waals surface area contributed by atoms with Gasteiger partial charge in [0.15, 0.2) is 0 Å². The maximum Gasteiger partial charge on any atom is 0.415 e. The second-order valence-corrected chi connectivity index (χ2v) is 3.73. The van der Waals surface area contributed by atoms with E-state index in [1.165, 1.54) is 6.42 Å². The van der Waals surface area contributed by atoms with Crippen LogP contribution in [0, 0.1) is 5.92 Å². The summed E-state index contributed by atoms with van der Waals surface area (Å²) in [5, 5.41) is 2.56. The van der Waals surface area contributed by atoms with Crippen molar-refractivity contribution in [2.45, 2.75) is 38.1 Å². The van der Waals surface area contributed by atoms with Gasteiger partial charge >= 0.3 is 12.1 Å². The van der Waals surface area contributed by atoms with Crippen LogP contribution in [-0.4, -0.2) is 18.1 Å². The number of rotatable bonds is 1. The predicted molar refractivity (Wildman–Crippen MR) is 45.0 cm³/mol. The van der Waals surface area contributed by atoms with E-state index >= 15 is 0 Å². The molecule has 0 unspecified atom stereocenters. The lowest BCUT2D eigenvalue weighted by molar-refractivity contribution is -0.136. The lowest BCUT2D eigenvalue weighted by Crippen LogP contribution is -2.37. The summed E-state index contributed by atoms with van der Waals surface area (Å²) < 4.78 is 4.44. The molecule has 1 aliphatic heterocycles. The number of carbonyl (C=O) groups excluding carboxylic acids is 2. The predicted octanol–water partition coefficient (Wildman–Crippen LogP) is 1.20. The first-order chi connectivity index (χ1) is 6.27. The molecule has 4 nitrogen and oxygen atoms in total. The van der Waals surface area contributed by atoms with Gasteiger partial charge in [-0.1, -0.05) is 19.3 Å². The van der Waals surface area contributed by atoms with E-state index in [1.807, 2.05) is 0 Å². The molecule has 0 aromatic carbocycles. The van der Waals surface area contributed by atoms with Gasteiger partial charge in [0, 0.05) is 0 Å². The van der Waals surface area contributed by atoms with Crippen LogP contribution in [0.3, 0.4) is 0 Å². The van der Waals surface area contributed by atoms with Gasteiger partial charge in [0.1, 0.15) is 6.04 Å². The molecule has 72 valence electrons. The number of nitrogens with one attached hydrogen (secondary N) is 1. The summed E-state index contributed by atoms with van der Waals surface area (Å²) in [6.07, 6.45) is 5.03. The molecule has 0 spiro atoms. The minimum atomic E-state index is -0.583. The van der Waals surface area contributed by atoms with Crippen LogP contribution >= 0.6 is 0 Å². The van der Waals surface area contributed by atoms with E-state index in [9.17, 15) is 9.59 Å². The fraction of sp³-hybridized carbons (Fsp3) is 0.778. The zero-order chi connectivity index (χ0) is 9.26. The first-order valence-corrected chi connectivity index (χ1v) is 4.79. The van der Waals surface area contributed by atoms with Gasteiger partial charge < -0.3 is 10.1 Å². The maximum absolute atomic E-state index is 11.2. The highest BCUT2D eigenvalue weighted by Gasteiger charge is 2.38. The third-order valence-electron chi connectivity index (χ3n) is 2.84. The molecule has 0 radical (unpaired) electrons. The van der Waals surface area contributed by atoms with Crippen molar-refractivity contribution >= 4 is 12.1 Å². The number of amides is 1. The normalized spacial score (nSPS) is 30.0. The monoisotopic (exact) mass is 183 g/mol. The second-order valence-electron chi connectivity index (χ2n) is 3.73. The third-order valence-corrected chi connectivity index (χ3v) is 2.84. The molecule has 0 aromatic rings. The van der Waals surface area contributed by atoms with Gasteiger partial charge in [0.05, 0.1) is 0 Å². The van der Waals surface area contributed by atoms with Crippen molar-refractivity contribution in [3.63, 3.8) is 0 Å². The van der Waals surface area contributed by atoms with Crippen LogP contribution in [0.4, 0.5) is 4.79 Å². The van der Waals surface area contributed by atoms with E-state index in [1.54, 1.807) is 0 Å². The fourth-order valence-corrected chi connectivity index (χ4v) is 2.15. The number of hydrogen-bond donors (Lipinski definition) is 1. The van der Waals surface area contributed by atoms with Crippen molar-refractivity contribution in [2.75, 3.05) is 0 Å². The highest BCUT2D eigenvalue weighted by molar-refractivity contribution is 5.95. The number of cyclic esters (lactones) is 2. The summed E-state index contributed by atoms with van der Waals surface area (Å²) >= 11 is 0. The molecule has 2 rings (SSSR count). The van der Waals surface area contributed by atoms with Crippen LogP contribution in [-0.2, 0) is 9.53 Å². The number of esters is 1. The van der Waals surface area contributed by atoms with Crippen LogP contribution in [0.2, 0.25) is 0 Å². The molecule has 0 bridgehead atoms. The highest BCUT2D eigenvalue weighted by Crippen LogP contribution is 2.28. The van der Waals surface area contributed by atoms with Gasteiger partial charge in [-0.25, -0.2) is 9.59 Å². The number of carbonyl (C=O) groups is 2. The SMILES string of the molecule is O=C1N[C@@H](C2CCCCC2)C(=O)O1. The van der Waals surface area contributed by atoms with E-state index in [-0.39, 0.29) is 6.04 Å². The zero-order valence-corrected chi connectivity index (χ0v) is 7.41. The first-order valence-electron chi connectivity index (χ1n) is 4.79. The first kappa shape index (κ1) is 8.53. The second kappa shape index (κ2) is 3.36. The van der Waals surface area contributed by atoms with Crippen LogP contribution in [0.15, 0.2) is 0 Å². The van der Waals surface area contributed by atoms with Crippen LogP contribution in [0.25, 0.3) is 0 Å². The van der Waals surface area contributed by atoms with Crippen molar-refractivity contribution < 1.29 is 14.3 Å². The molecule has 0 aromatic heterocycles. The van der Waals surface area contributed by atoms with Gasteiger partial charge in [0.25, 0.3) is 0 Å². The Kier molecular flexibility index (Phi) is 2.20. The van der Waals surface area contributed by atoms with E-state index in [0.717, 1.165) is 25.7 Å². The van der Waals surface area contributed by atoms with Gasteiger partial charge in [-0.15, -0.1) is 0 Å². The Bertz CT molecular complexity index is 233. The number of ether oxygens (including phenoxy) is 1. The zero-order valence-electron chi connectivity index (χ0n) is 7.41. The molecule has 1 saturated heterocycles. The fourth-order valence-electron chi connectivity index (χ4n) is 2.15. The minimum Gasteiger partial charge on any atom is -0.375 e. The minimum absolute atomic E-state index is 0.299. The molecule has 13 heavy (non-hydrogen) atoms. The van der Waals surface area contributed by atoms with Crippen molar-refractivity contribution in [2.24, 2.45) is 5.92 Å². The van der Waals surface area contributed by atoms with Gasteiger partial charge in [-0.05, 0) is 18.8 Å². The summed E-state index contributed by atoms with van der Waals surface area (Å²) in [6, 6.07) is -0.368. The summed E-state index contributed by atoms with van der Waals surface area (Å²) in [5.74, 6) is -0.0930. The van der Waals surface area contributed by atoms with Gasteiger partial charge in [-0.2, -0.15) is 0 Å². The maximum atomic E-state index is 11.2. The molecule has 4 heteroatoms. The smallest absolute Gasteiger partial charge is 0.375 e. The molecule has 2 aliphatic rings. The summed E-state index contributed by atoms with van der Waals surface area (Å²) in [4.78, 5) is 21.9. The molecule has 1 atom stereocenters. The summed E-state index contributed by atoms with van der Waals surface area (Å²) in [5.41, 5.74) is 0. The summed E-state index contributed by atoms with van der Waals surface area (Å²) in [7, 11) is 0. The Balaban J connectivity index is 1.99. The van der Waals surface area contributed by atoms with Crippen LogP contribution in [0.5, 0.6) is 0 Å². The Hall–Kier alpha value is -1.06. The molecule has 1 N–H and O–H groups in total. The van der Waals surface area contributed by atoms with Crippen molar-refractivity contribution in [3.05, 3.63) is 0 Å². The average Bonchev–Trinajstić information content (AvgIpc) is 2.47. The average molecular weight is 183 g/mol. The topological polar surface area (TPSA) is 55.4 Å². The Morgan fingerprint density at radius 2 is 1.85 bits per heavy atom. The molecule has 1 heterocycles. The Labute approximate surface area is 76.6 Å². The molecule has 1 amide bonds. The highest BCUT2D eigenvalue weighted by atomic mass is 16.6. The molecule has 2 fully saturated rings. The van der Waals surface area contributed by atoms with Crippen molar-refractivity contribution in [3.8, 4) is 0 Å². The summed E-state index contributed by atoms with van der Waals surface area (Å²) in [6.45, 7) is 0. The number of hydrogen-bond acceptors (Lipinski definition) is 3. The van der Waals surface area contributed by atoms with Gasteiger partial charge in [0.2, 0.25) is 0 Å². The van der Waals surface area contributed by atoms with Crippen LogP contribution in [0.1, 0.15) is 32.1 Å². The quantitative estimate of drug-likeness (QED) is 0.491. The van der Waals surface area contributed by atoms with E-state index < -0.39 is 12.1 Å². The molecule has 1 saturated carbocycles. The van der Waals surface area contributed by atoms with Crippen molar-refractivity contribution in [1.82, 2.24) is 5.32 Å². The Morgan fingerprint density at radius 1 is 1.15 bits per heavy atom.